The average molecular weight is 300 g/mol. The van der Waals surface area contributed by atoms with Crippen molar-refractivity contribution in [1.82, 2.24) is 9.80 Å². The molecule has 0 spiro atoms. The second-order valence-electron chi connectivity index (χ2n) is 5.13. The van der Waals surface area contributed by atoms with E-state index in [-0.39, 0.29) is 25.7 Å². The van der Waals surface area contributed by atoms with E-state index in [4.69, 9.17) is 9.84 Å². The van der Waals surface area contributed by atoms with Crippen LogP contribution in [0.3, 0.4) is 0 Å². The summed E-state index contributed by atoms with van der Waals surface area (Å²) in [6, 6.07) is -0.282. The Hall–Kier alpha value is -1.79. The zero-order valence-electron chi connectivity index (χ0n) is 12.7. The van der Waals surface area contributed by atoms with Gasteiger partial charge in [0.25, 0.3) is 0 Å². The molecule has 0 bridgehead atoms. The summed E-state index contributed by atoms with van der Waals surface area (Å²) in [7, 11) is 0. The fraction of sp³-hybridized carbons (Fsp3) is 0.786. The molecule has 1 aliphatic rings. The summed E-state index contributed by atoms with van der Waals surface area (Å²) in [6.07, 6.45) is 1.98. The van der Waals surface area contributed by atoms with Gasteiger partial charge in [-0.15, -0.1) is 0 Å². The minimum absolute atomic E-state index is 0.0885. The van der Waals surface area contributed by atoms with Gasteiger partial charge in [-0.2, -0.15) is 0 Å². The molecule has 1 rings (SSSR count). The number of piperidine rings is 1. The smallest absolute Gasteiger partial charge is 0.325 e. The highest BCUT2D eigenvalue weighted by atomic mass is 16.5. The number of hydrogen-bond donors (Lipinski definition) is 1. The molecule has 1 atom stereocenters. The molecule has 21 heavy (non-hydrogen) atoms. The zero-order chi connectivity index (χ0) is 15.8. The van der Waals surface area contributed by atoms with Gasteiger partial charge in [-0.25, -0.2) is 4.79 Å². The second-order valence-corrected chi connectivity index (χ2v) is 5.13. The molecular formula is C14H24N2O5. The van der Waals surface area contributed by atoms with Crippen molar-refractivity contribution in [1.29, 1.82) is 0 Å². The van der Waals surface area contributed by atoms with Gasteiger partial charge < -0.3 is 19.6 Å². The fourth-order valence-corrected chi connectivity index (χ4v) is 2.43. The van der Waals surface area contributed by atoms with Gasteiger partial charge in [0.1, 0.15) is 6.54 Å². The molecule has 1 saturated heterocycles. The van der Waals surface area contributed by atoms with E-state index in [1.165, 1.54) is 9.80 Å². The van der Waals surface area contributed by atoms with Crippen molar-refractivity contribution in [3.05, 3.63) is 0 Å². The number of urea groups is 1. The molecule has 0 radical (unpaired) electrons. The zero-order valence-corrected chi connectivity index (χ0v) is 12.7. The minimum atomic E-state index is -0.875. The number of ether oxygens (including phenoxy) is 1. The Morgan fingerprint density at radius 1 is 1.33 bits per heavy atom. The van der Waals surface area contributed by atoms with E-state index < -0.39 is 17.9 Å². The molecule has 2 amide bonds. The average Bonchev–Trinajstić information content (AvgIpc) is 2.46. The third-order valence-electron chi connectivity index (χ3n) is 3.43. The third-order valence-corrected chi connectivity index (χ3v) is 3.43. The highest BCUT2D eigenvalue weighted by Gasteiger charge is 2.31. The largest absolute Gasteiger partial charge is 0.481 e. The number of esters is 1. The van der Waals surface area contributed by atoms with Gasteiger partial charge in [-0.3, -0.25) is 9.59 Å². The van der Waals surface area contributed by atoms with Crippen LogP contribution in [0.15, 0.2) is 0 Å². The first-order chi connectivity index (χ1) is 9.99. The lowest BCUT2D eigenvalue weighted by Gasteiger charge is -2.34. The van der Waals surface area contributed by atoms with Crippen LogP contribution < -0.4 is 0 Å². The second kappa shape index (κ2) is 8.49. The van der Waals surface area contributed by atoms with Gasteiger partial charge >= 0.3 is 18.0 Å². The van der Waals surface area contributed by atoms with Crippen LogP contribution in [-0.4, -0.2) is 65.7 Å². The quantitative estimate of drug-likeness (QED) is 0.744. The van der Waals surface area contributed by atoms with Gasteiger partial charge in [-0.05, 0) is 26.2 Å². The molecule has 0 aromatic heterocycles. The normalized spacial score (nSPS) is 18.2. The van der Waals surface area contributed by atoms with Crippen molar-refractivity contribution < 1.29 is 24.2 Å². The maximum absolute atomic E-state index is 12.4. The highest BCUT2D eigenvalue weighted by molar-refractivity contribution is 5.81. The number of carbonyl (C=O) groups excluding carboxylic acids is 2. The molecule has 7 heteroatoms. The Kier molecular flexibility index (Phi) is 6.98. The predicted octanol–water partition coefficient (Wildman–Crippen LogP) is 1.18. The van der Waals surface area contributed by atoms with Crippen LogP contribution in [0.1, 0.15) is 33.1 Å². The Balaban J connectivity index is 2.66. The molecule has 0 unspecified atom stereocenters. The Bertz CT molecular complexity index is 386. The van der Waals surface area contributed by atoms with Crippen LogP contribution in [0.2, 0.25) is 0 Å². The Labute approximate surface area is 124 Å². The van der Waals surface area contributed by atoms with E-state index in [2.05, 4.69) is 0 Å². The molecule has 0 saturated carbocycles. The molecule has 1 N–H and O–H groups in total. The Morgan fingerprint density at radius 3 is 2.62 bits per heavy atom. The minimum Gasteiger partial charge on any atom is -0.481 e. The van der Waals surface area contributed by atoms with Crippen LogP contribution in [0.5, 0.6) is 0 Å². The number of amides is 2. The lowest BCUT2D eigenvalue weighted by Crippen LogP contribution is -2.50. The number of carbonyl (C=O) groups is 3. The summed E-state index contributed by atoms with van der Waals surface area (Å²) < 4.78 is 4.87. The van der Waals surface area contributed by atoms with Gasteiger partial charge in [0.2, 0.25) is 0 Å². The molecular weight excluding hydrogens is 276 g/mol. The van der Waals surface area contributed by atoms with Gasteiger partial charge in [0.05, 0.1) is 12.5 Å². The number of aliphatic carboxylic acids is 1. The number of likely N-dealkylation sites (tertiary alicyclic amines) is 1. The predicted molar refractivity (Wildman–Crippen MR) is 75.8 cm³/mol. The van der Waals surface area contributed by atoms with Crippen molar-refractivity contribution >= 4 is 18.0 Å². The van der Waals surface area contributed by atoms with E-state index in [1.54, 1.807) is 6.92 Å². The first kappa shape index (κ1) is 17.3. The standard InChI is InChI=1S/C14H24N2O5/c1-3-7-15(10-12(17)21-4-2)14(20)16-8-5-6-11(9-16)13(18)19/h11H,3-10H2,1-2H3,(H,18,19)/t11-/m1/s1. The summed E-state index contributed by atoms with van der Waals surface area (Å²) in [6.45, 7) is 5.01. The van der Waals surface area contributed by atoms with Crippen LogP contribution in [0, 0.1) is 5.92 Å². The summed E-state index contributed by atoms with van der Waals surface area (Å²) in [5, 5.41) is 9.07. The highest BCUT2D eigenvalue weighted by Crippen LogP contribution is 2.18. The van der Waals surface area contributed by atoms with Crippen LogP contribution in [0.25, 0.3) is 0 Å². The fourth-order valence-electron chi connectivity index (χ4n) is 2.43. The molecule has 0 aromatic carbocycles. The maximum Gasteiger partial charge on any atom is 0.325 e. The molecule has 1 heterocycles. The molecule has 1 fully saturated rings. The molecule has 0 aliphatic carbocycles. The van der Waals surface area contributed by atoms with E-state index in [9.17, 15) is 14.4 Å². The Morgan fingerprint density at radius 2 is 2.05 bits per heavy atom. The first-order valence-electron chi connectivity index (χ1n) is 7.41. The van der Waals surface area contributed by atoms with Crippen LogP contribution >= 0.6 is 0 Å². The van der Waals surface area contributed by atoms with E-state index >= 15 is 0 Å². The number of carboxylic acids is 1. The van der Waals surface area contributed by atoms with Gasteiger partial charge in [-0.1, -0.05) is 6.92 Å². The summed E-state index contributed by atoms with van der Waals surface area (Å²) in [5.41, 5.74) is 0. The van der Waals surface area contributed by atoms with E-state index in [0.29, 0.717) is 25.9 Å². The topological polar surface area (TPSA) is 87.2 Å². The number of carboxylic acid groups (broad SMARTS) is 1. The lowest BCUT2D eigenvalue weighted by atomic mass is 9.98. The van der Waals surface area contributed by atoms with Crippen molar-refractivity contribution in [2.45, 2.75) is 33.1 Å². The first-order valence-corrected chi connectivity index (χ1v) is 7.41. The molecule has 7 nitrogen and oxygen atoms in total. The molecule has 1 aliphatic heterocycles. The number of hydrogen-bond acceptors (Lipinski definition) is 4. The lowest BCUT2D eigenvalue weighted by molar-refractivity contribution is -0.145. The van der Waals surface area contributed by atoms with Crippen LogP contribution in [-0.2, 0) is 14.3 Å². The van der Waals surface area contributed by atoms with Gasteiger partial charge in [0, 0.05) is 19.6 Å². The van der Waals surface area contributed by atoms with Crippen molar-refractivity contribution in [3.8, 4) is 0 Å². The summed E-state index contributed by atoms with van der Waals surface area (Å²) >= 11 is 0. The summed E-state index contributed by atoms with van der Waals surface area (Å²) in [4.78, 5) is 38.0. The number of rotatable bonds is 6. The van der Waals surface area contributed by atoms with Crippen molar-refractivity contribution in [2.24, 2.45) is 5.92 Å². The van der Waals surface area contributed by atoms with Gasteiger partial charge in [0.15, 0.2) is 0 Å². The number of nitrogens with zero attached hydrogens (tertiary/aromatic N) is 2. The van der Waals surface area contributed by atoms with Crippen molar-refractivity contribution in [2.75, 3.05) is 32.8 Å². The molecule has 120 valence electrons. The maximum atomic E-state index is 12.4. The van der Waals surface area contributed by atoms with E-state index in [1.807, 2.05) is 6.92 Å². The summed E-state index contributed by atoms with van der Waals surface area (Å²) in [5.74, 6) is -1.83. The SMILES string of the molecule is CCCN(CC(=O)OCC)C(=O)N1CCC[C@@H](C(=O)O)C1. The van der Waals surface area contributed by atoms with Crippen LogP contribution in [0.4, 0.5) is 4.79 Å². The van der Waals surface area contributed by atoms with E-state index in [0.717, 1.165) is 6.42 Å². The monoisotopic (exact) mass is 300 g/mol. The molecule has 0 aromatic rings. The third kappa shape index (κ3) is 5.24. The van der Waals surface area contributed by atoms with Crippen molar-refractivity contribution in [3.63, 3.8) is 0 Å².